The maximum Gasteiger partial charge on any atom is 0.134 e. The van der Waals surface area contributed by atoms with Gasteiger partial charge in [-0.05, 0) is 23.8 Å². The van der Waals surface area contributed by atoms with Crippen LogP contribution in [0.25, 0.3) is 33.1 Å². The van der Waals surface area contributed by atoms with Crippen LogP contribution in [-0.4, -0.2) is 14.8 Å². The predicted molar refractivity (Wildman–Crippen MR) is 95.9 cm³/mol. The topological polar surface area (TPSA) is 56.7 Å². The van der Waals surface area contributed by atoms with Gasteiger partial charge in [-0.1, -0.05) is 41.4 Å². The van der Waals surface area contributed by atoms with Crippen molar-refractivity contribution in [1.82, 2.24) is 14.8 Å². The largest absolute Gasteiger partial charge is 0.396 e. The Morgan fingerprint density at radius 3 is 2.43 bits per heavy atom. The van der Waals surface area contributed by atoms with Crippen LogP contribution in [0.1, 0.15) is 0 Å². The molecule has 0 radical (unpaired) electrons. The zero-order valence-corrected chi connectivity index (χ0v) is 13.7. The number of nitrogens with zero attached hydrogens (tertiary/aromatic N) is 3. The van der Waals surface area contributed by atoms with E-state index in [9.17, 15) is 0 Å². The fraction of sp³-hybridized carbons (Fsp3) is 0.0588. The van der Waals surface area contributed by atoms with Crippen molar-refractivity contribution >= 4 is 50.8 Å². The summed E-state index contributed by atoms with van der Waals surface area (Å²) in [6, 6.07) is 11.4. The number of hydrogen-bond donors (Lipinski definition) is 1. The molecule has 4 aromatic rings. The third-order valence-electron chi connectivity index (χ3n) is 3.90. The predicted octanol–water partition coefficient (Wildman–Crippen LogP) is 4.68. The van der Waals surface area contributed by atoms with E-state index in [0.717, 1.165) is 27.5 Å². The van der Waals surface area contributed by atoms with Gasteiger partial charge in [-0.25, -0.2) is 0 Å². The standard InChI is InChI=1S/C17H12Cl2N4/c1-23-8-14(20)16-17(23)13-4-2-3-12(15(13)21-22-16)9-5-10(18)7-11(19)6-9/h2-8H,20H2,1H3. The van der Waals surface area contributed by atoms with Crippen LogP contribution in [0, 0.1) is 0 Å². The number of aryl methyl sites for hydroxylation is 1. The lowest BCUT2D eigenvalue weighted by molar-refractivity contribution is 0.971. The third-order valence-corrected chi connectivity index (χ3v) is 4.33. The van der Waals surface area contributed by atoms with Gasteiger partial charge >= 0.3 is 0 Å². The monoisotopic (exact) mass is 342 g/mol. The number of nitrogens with two attached hydrogens (primary N) is 1. The Bertz CT molecular complexity index is 1050. The summed E-state index contributed by atoms with van der Waals surface area (Å²) in [6.45, 7) is 0. The van der Waals surface area contributed by atoms with Crippen molar-refractivity contribution in [2.24, 2.45) is 7.05 Å². The highest BCUT2D eigenvalue weighted by atomic mass is 35.5. The summed E-state index contributed by atoms with van der Waals surface area (Å²) in [4.78, 5) is 0. The molecule has 23 heavy (non-hydrogen) atoms. The maximum atomic E-state index is 6.13. The second-order valence-electron chi connectivity index (χ2n) is 5.45. The number of aromatic nitrogens is 3. The molecule has 2 N–H and O–H groups in total. The molecule has 0 fully saturated rings. The van der Waals surface area contributed by atoms with Gasteiger partial charge in [-0.15, -0.1) is 10.2 Å². The van der Waals surface area contributed by atoms with Crippen LogP contribution in [0.5, 0.6) is 0 Å². The van der Waals surface area contributed by atoms with Gasteiger partial charge in [0.25, 0.3) is 0 Å². The lowest BCUT2D eigenvalue weighted by atomic mass is 10.0. The molecule has 0 aliphatic rings. The summed E-state index contributed by atoms with van der Waals surface area (Å²) < 4.78 is 1.97. The zero-order valence-electron chi connectivity index (χ0n) is 12.2. The van der Waals surface area contributed by atoms with Crippen LogP contribution in [0.15, 0.2) is 42.6 Å². The minimum Gasteiger partial charge on any atom is -0.396 e. The number of nitrogen functional groups attached to an aromatic ring is 1. The average molecular weight is 343 g/mol. The Morgan fingerprint density at radius 2 is 1.70 bits per heavy atom. The molecule has 0 unspecified atom stereocenters. The molecule has 2 aromatic carbocycles. The molecular formula is C17H12Cl2N4. The Labute approximate surface area is 142 Å². The second kappa shape index (κ2) is 5.11. The van der Waals surface area contributed by atoms with E-state index >= 15 is 0 Å². The molecule has 2 aromatic heterocycles. The number of hydrogen-bond acceptors (Lipinski definition) is 3. The van der Waals surface area contributed by atoms with Crippen molar-refractivity contribution in [3.05, 3.63) is 52.6 Å². The lowest BCUT2D eigenvalue weighted by Crippen LogP contribution is -1.93. The summed E-state index contributed by atoms with van der Waals surface area (Å²) in [5.74, 6) is 0. The fourth-order valence-corrected chi connectivity index (χ4v) is 3.47. The molecule has 114 valence electrons. The minimum absolute atomic E-state index is 0.585. The highest BCUT2D eigenvalue weighted by molar-refractivity contribution is 6.35. The molecule has 0 spiro atoms. The summed E-state index contributed by atoms with van der Waals surface area (Å²) in [6.07, 6.45) is 1.85. The fourth-order valence-electron chi connectivity index (χ4n) is 2.95. The van der Waals surface area contributed by atoms with Crippen molar-refractivity contribution < 1.29 is 0 Å². The van der Waals surface area contributed by atoms with Crippen molar-refractivity contribution in [3.63, 3.8) is 0 Å². The molecular weight excluding hydrogens is 331 g/mol. The van der Waals surface area contributed by atoms with E-state index in [1.54, 1.807) is 6.07 Å². The molecule has 0 aliphatic heterocycles. The van der Waals surface area contributed by atoms with E-state index in [0.29, 0.717) is 21.2 Å². The Kier molecular flexibility index (Phi) is 3.18. The van der Waals surface area contributed by atoms with Crippen LogP contribution in [-0.2, 0) is 7.05 Å². The molecule has 0 bridgehead atoms. The quantitative estimate of drug-likeness (QED) is 0.546. The highest BCUT2D eigenvalue weighted by Crippen LogP contribution is 2.34. The molecule has 0 saturated heterocycles. The molecule has 4 nitrogen and oxygen atoms in total. The summed E-state index contributed by atoms with van der Waals surface area (Å²) >= 11 is 12.3. The summed E-state index contributed by atoms with van der Waals surface area (Å²) in [5.41, 5.74) is 10.9. The van der Waals surface area contributed by atoms with Crippen molar-refractivity contribution in [2.75, 3.05) is 5.73 Å². The van der Waals surface area contributed by atoms with Gasteiger partial charge in [-0.2, -0.15) is 0 Å². The minimum atomic E-state index is 0.585. The molecule has 0 aliphatic carbocycles. The van der Waals surface area contributed by atoms with E-state index in [2.05, 4.69) is 10.2 Å². The van der Waals surface area contributed by atoms with Crippen LogP contribution < -0.4 is 5.73 Å². The number of rotatable bonds is 1. The van der Waals surface area contributed by atoms with E-state index < -0.39 is 0 Å². The lowest BCUT2D eigenvalue weighted by Gasteiger charge is -2.08. The van der Waals surface area contributed by atoms with E-state index in [1.807, 2.05) is 48.1 Å². The van der Waals surface area contributed by atoms with Crippen molar-refractivity contribution in [2.45, 2.75) is 0 Å². The van der Waals surface area contributed by atoms with Crippen LogP contribution in [0.3, 0.4) is 0 Å². The first-order chi connectivity index (χ1) is 11.0. The first-order valence-electron chi connectivity index (χ1n) is 7.01. The van der Waals surface area contributed by atoms with Gasteiger partial charge in [0.15, 0.2) is 0 Å². The number of fused-ring (bicyclic) bond motifs is 3. The van der Waals surface area contributed by atoms with Gasteiger partial charge in [-0.3, -0.25) is 0 Å². The SMILES string of the molecule is Cn1cc(N)c2nnc3c(-c4cc(Cl)cc(Cl)c4)cccc3c21. The summed E-state index contributed by atoms with van der Waals surface area (Å²) in [7, 11) is 1.95. The van der Waals surface area contributed by atoms with Crippen LogP contribution in [0.2, 0.25) is 10.0 Å². The van der Waals surface area contributed by atoms with Gasteiger partial charge in [0, 0.05) is 34.2 Å². The van der Waals surface area contributed by atoms with E-state index in [1.165, 1.54) is 0 Å². The first-order valence-corrected chi connectivity index (χ1v) is 7.76. The molecule has 0 amide bonds. The van der Waals surface area contributed by atoms with E-state index in [4.69, 9.17) is 28.9 Å². The molecule has 4 rings (SSSR count). The molecule has 6 heteroatoms. The van der Waals surface area contributed by atoms with Crippen molar-refractivity contribution in [3.8, 4) is 11.1 Å². The molecule has 0 atom stereocenters. The molecule has 2 heterocycles. The van der Waals surface area contributed by atoms with Gasteiger partial charge in [0.1, 0.15) is 11.0 Å². The first kappa shape index (κ1) is 14.3. The number of benzene rings is 2. The van der Waals surface area contributed by atoms with Gasteiger partial charge < -0.3 is 10.3 Å². The maximum absolute atomic E-state index is 6.13. The van der Waals surface area contributed by atoms with Crippen LogP contribution in [0.4, 0.5) is 5.69 Å². The van der Waals surface area contributed by atoms with Gasteiger partial charge in [0.05, 0.1) is 11.2 Å². The number of halogens is 2. The Hall–Kier alpha value is -2.30. The Balaban J connectivity index is 2.11. The van der Waals surface area contributed by atoms with E-state index in [-0.39, 0.29) is 0 Å². The summed E-state index contributed by atoms with van der Waals surface area (Å²) in [5, 5.41) is 10.8. The normalized spacial score (nSPS) is 11.4. The van der Waals surface area contributed by atoms with Gasteiger partial charge in [0.2, 0.25) is 0 Å². The highest BCUT2D eigenvalue weighted by Gasteiger charge is 2.14. The van der Waals surface area contributed by atoms with Crippen LogP contribution >= 0.6 is 23.2 Å². The Morgan fingerprint density at radius 1 is 1.00 bits per heavy atom. The van der Waals surface area contributed by atoms with Crippen molar-refractivity contribution in [1.29, 1.82) is 0 Å². The average Bonchev–Trinajstić information content (AvgIpc) is 2.80. The number of anilines is 1. The third kappa shape index (κ3) is 2.22. The second-order valence-corrected chi connectivity index (χ2v) is 6.33. The smallest absolute Gasteiger partial charge is 0.134 e. The molecule has 0 saturated carbocycles. The zero-order chi connectivity index (χ0) is 16.1.